The summed E-state index contributed by atoms with van der Waals surface area (Å²) in [5.74, 6) is 0.182. The summed E-state index contributed by atoms with van der Waals surface area (Å²) in [6, 6.07) is 12.3. The van der Waals surface area contributed by atoms with Crippen molar-refractivity contribution in [1.29, 1.82) is 0 Å². The second kappa shape index (κ2) is 7.91. The van der Waals surface area contributed by atoms with Gasteiger partial charge in [-0.25, -0.2) is 9.50 Å². The number of piperazine rings is 1. The van der Waals surface area contributed by atoms with Crippen molar-refractivity contribution in [3.8, 4) is 22.5 Å². The zero-order valence-electron chi connectivity index (χ0n) is 20.5. The molecule has 2 amide bonds. The van der Waals surface area contributed by atoms with Crippen molar-refractivity contribution < 1.29 is 9.59 Å². The second-order valence-corrected chi connectivity index (χ2v) is 9.98. The van der Waals surface area contributed by atoms with E-state index in [0.29, 0.717) is 24.9 Å². The van der Waals surface area contributed by atoms with Gasteiger partial charge >= 0.3 is 0 Å². The zero-order valence-corrected chi connectivity index (χ0v) is 20.5. The number of fused-ring (bicyclic) bond motifs is 1. The standard InChI is InChI=1S/C26H28N8O2/c1-16(35)32-12-11-31(25(36)26(32,2)3)19-6-4-5-17(13-19)22-14-20(23-24(27)28-15-30-34(22)23)21-9-10-29-33(21)18-7-8-18/h4-6,9-10,13-15,18H,7-8,11-12H2,1-3H3,(H2,27,28,30). The minimum Gasteiger partial charge on any atom is -0.382 e. The van der Waals surface area contributed by atoms with Gasteiger partial charge in [-0.1, -0.05) is 12.1 Å². The molecule has 0 unspecified atom stereocenters. The third kappa shape index (κ3) is 3.35. The summed E-state index contributed by atoms with van der Waals surface area (Å²) >= 11 is 0. The average Bonchev–Trinajstić information content (AvgIpc) is 3.44. The number of rotatable bonds is 4. The molecule has 6 rings (SSSR count). The number of nitrogens with two attached hydrogens (primary N) is 1. The van der Waals surface area contributed by atoms with Crippen molar-refractivity contribution >= 4 is 28.8 Å². The molecule has 4 aromatic rings. The number of carbonyl (C=O) groups excluding carboxylic acids is 2. The summed E-state index contributed by atoms with van der Waals surface area (Å²) in [7, 11) is 0. The molecule has 0 bridgehead atoms. The molecule has 1 aromatic carbocycles. The minimum atomic E-state index is -0.919. The molecule has 1 saturated heterocycles. The minimum absolute atomic E-state index is 0.100. The lowest BCUT2D eigenvalue weighted by molar-refractivity contribution is -0.145. The maximum atomic E-state index is 13.4. The van der Waals surface area contributed by atoms with Crippen LogP contribution in [0.2, 0.25) is 0 Å². The molecule has 10 heteroatoms. The Morgan fingerprint density at radius 1 is 1.08 bits per heavy atom. The van der Waals surface area contributed by atoms with Crippen LogP contribution in [0.25, 0.3) is 28.0 Å². The first-order valence-electron chi connectivity index (χ1n) is 12.1. The van der Waals surface area contributed by atoms with E-state index in [-0.39, 0.29) is 11.8 Å². The van der Waals surface area contributed by atoms with Crippen molar-refractivity contribution in [1.82, 2.24) is 29.3 Å². The van der Waals surface area contributed by atoms with E-state index in [1.807, 2.05) is 36.5 Å². The van der Waals surface area contributed by atoms with E-state index < -0.39 is 5.54 Å². The Morgan fingerprint density at radius 3 is 2.64 bits per heavy atom. The number of hydrogen-bond acceptors (Lipinski definition) is 6. The molecule has 1 aliphatic heterocycles. The number of aromatic nitrogens is 5. The Morgan fingerprint density at radius 2 is 1.89 bits per heavy atom. The van der Waals surface area contributed by atoms with Crippen LogP contribution in [-0.2, 0) is 9.59 Å². The van der Waals surface area contributed by atoms with Crippen molar-refractivity contribution in [2.24, 2.45) is 0 Å². The van der Waals surface area contributed by atoms with Crippen molar-refractivity contribution in [2.45, 2.75) is 45.2 Å². The predicted molar refractivity (Wildman–Crippen MR) is 136 cm³/mol. The number of amides is 2. The monoisotopic (exact) mass is 484 g/mol. The Bertz CT molecular complexity index is 1510. The maximum absolute atomic E-state index is 13.4. The highest BCUT2D eigenvalue weighted by molar-refractivity contribution is 6.03. The van der Waals surface area contributed by atoms with Gasteiger partial charge in [0.15, 0.2) is 5.82 Å². The van der Waals surface area contributed by atoms with Gasteiger partial charge in [0, 0.05) is 43.0 Å². The van der Waals surface area contributed by atoms with E-state index in [1.54, 1.807) is 28.2 Å². The van der Waals surface area contributed by atoms with Gasteiger partial charge in [0.25, 0.3) is 5.91 Å². The highest BCUT2D eigenvalue weighted by Crippen LogP contribution is 2.41. The molecule has 0 atom stereocenters. The van der Waals surface area contributed by atoms with E-state index in [1.165, 1.54) is 13.3 Å². The Kier molecular flexibility index (Phi) is 4.89. The van der Waals surface area contributed by atoms with Crippen molar-refractivity contribution in [3.05, 3.63) is 48.9 Å². The van der Waals surface area contributed by atoms with Gasteiger partial charge in [0.1, 0.15) is 17.4 Å². The average molecular weight is 485 g/mol. The van der Waals surface area contributed by atoms with Gasteiger partial charge < -0.3 is 15.5 Å². The van der Waals surface area contributed by atoms with Crippen molar-refractivity contribution in [3.63, 3.8) is 0 Å². The molecule has 2 N–H and O–H groups in total. The summed E-state index contributed by atoms with van der Waals surface area (Å²) in [4.78, 5) is 33.1. The number of carbonyl (C=O) groups is 2. The number of nitrogens with zero attached hydrogens (tertiary/aromatic N) is 7. The van der Waals surface area contributed by atoms with Crippen LogP contribution in [0.5, 0.6) is 0 Å². The van der Waals surface area contributed by atoms with E-state index in [0.717, 1.165) is 46.6 Å². The van der Waals surface area contributed by atoms with E-state index in [4.69, 9.17) is 5.73 Å². The highest BCUT2D eigenvalue weighted by Gasteiger charge is 2.43. The molecule has 0 spiro atoms. The van der Waals surface area contributed by atoms with Gasteiger partial charge in [-0.3, -0.25) is 14.3 Å². The summed E-state index contributed by atoms with van der Waals surface area (Å²) in [5, 5.41) is 9.06. The quantitative estimate of drug-likeness (QED) is 0.476. The Balaban J connectivity index is 1.45. The third-order valence-electron chi connectivity index (χ3n) is 7.25. The topological polar surface area (TPSA) is 115 Å². The molecule has 184 valence electrons. The lowest BCUT2D eigenvalue weighted by Crippen LogP contribution is -2.64. The predicted octanol–water partition coefficient (Wildman–Crippen LogP) is 3.15. The van der Waals surface area contributed by atoms with Crippen LogP contribution >= 0.6 is 0 Å². The molecule has 2 fully saturated rings. The van der Waals surface area contributed by atoms with Gasteiger partial charge in [0.05, 0.1) is 17.4 Å². The van der Waals surface area contributed by atoms with Crippen LogP contribution in [-0.4, -0.2) is 59.7 Å². The van der Waals surface area contributed by atoms with Crippen LogP contribution in [0.4, 0.5) is 11.5 Å². The van der Waals surface area contributed by atoms with Crippen LogP contribution < -0.4 is 10.6 Å². The van der Waals surface area contributed by atoms with Crippen LogP contribution in [0.1, 0.15) is 39.7 Å². The smallest absolute Gasteiger partial charge is 0.252 e. The molecule has 36 heavy (non-hydrogen) atoms. The van der Waals surface area contributed by atoms with E-state index in [9.17, 15) is 9.59 Å². The number of anilines is 2. The molecular formula is C26H28N8O2. The molecule has 0 radical (unpaired) electrons. The number of nitrogen functional groups attached to an aromatic ring is 1. The van der Waals surface area contributed by atoms with Gasteiger partial charge in [-0.2, -0.15) is 10.2 Å². The van der Waals surface area contributed by atoms with E-state index >= 15 is 0 Å². The lowest BCUT2D eigenvalue weighted by Gasteiger charge is -2.45. The zero-order chi connectivity index (χ0) is 25.2. The molecule has 2 aliphatic rings. The Hall–Kier alpha value is -4.21. The van der Waals surface area contributed by atoms with Crippen LogP contribution in [0.15, 0.2) is 48.9 Å². The normalized spacial score (nSPS) is 17.7. The fourth-order valence-corrected chi connectivity index (χ4v) is 5.26. The first kappa shape index (κ1) is 22.3. The molecule has 4 heterocycles. The van der Waals surface area contributed by atoms with Crippen LogP contribution in [0.3, 0.4) is 0 Å². The van der Waals surface area contributed by atoms with Crippen molar-refractivity contribution in [2.75, 3.05) is 23.7 Å². The largest absolute Gasteiger partial charge is 0.382 e. The van der Waals surface area contributed by atoms with Gasteiger partial charge in [-0.05, 0) is 51.0 Å². The lowest BCUT2D eigenvalue weighted by atomic mass is 9.96. The van der Waals surface area contributed by atoms with Gasteiger partial charge in [-0.15, -0.1) is 0 Å². The summed E-state index contributed by atoms with van der Waals surface area (Å²) < 4.78 is 3.86. The Labute approximate surface area is 208 Å². The van der Waals surface area contributed by atoms with Gasteiger partial charge in [0.2, 0.25) is 5.91 Å². The molecule has 10 nitrogen and oxygen atoms in total. The number of benzene rings is 1. The van der Waals surface area contributed by atoms with E-state index in [2.05, 4.69) is 25.9 Å². The highest BCUT2D eigenvalue weighted by atomic mass is 16.2. The fraction of sp³-hybridized carbons (Fsp3) is 0.346. The SMILES string of the molecule is CC(=O)N1CCN(c2cccc(-c3cc(-c4ccnn4C4CC4)c4c(N)ncnn34)c2)C(=O)C1(C)C. The number of hydrogen-bond donors (Lipinski definition) is 1. The molecule has 1 aliphatic carbocycles. The molecule has 1 saturated carbocycles. The molecule has 3 aromatic heterocycles. The molecular weight excluding hydrogens is 456 g/mol. The maximum Gasteiger partial charge on any atom is 0.252 e. The fourth-order valence-electron chi connectivity index (χ4n) is 5.26. The third-order valence-corrected chi connectivity index (χ3v) is 7.25. The first-order chi connectivity index (χ1) is 17.3. The summed E-state index contributed by atoms with van der Waals surface area (Å²) in [5.41, 5.74) is 10.6. The summed E-state index contributed by atoms with van der Waals surface area (Å²) in [6.45, 7) is 6.00. The summed E-state index contributed by atoms with van der Waals surface area (Å²) in [6.07, 6.45) is 5.49. The van der Waals surface area contributed by atoms with Crippen LogP contribution in [0, 0.1) is 0 Å². The first-order valence-corrected chi connectivity index (χ1v) is 12.1. The second-order valence-electron chi connectivity index (χ2n) is 9.98.